The van der Waals surface area contributed by atoms with Crippen molar-refractivity contribution < 1.29 is 19.4 Å². The molecule has 5 nitrogen and oxygen atoms in total. The zero-order valence-corrected chi connectivity index (χ0v) is 9.04. The van der Waals surface area contributed by atoms with Crippen LogP contribution in [0.25, 0.3) is 0 Å². The fourth-order valence-corrected chi connectivity index (χ4v) is 3.21. The van der Waals surface area contributed by atoms with Crippen molar-refractivity contribution in [1.82, 2.24) is 0 Å². The molecular formula is C8H16NO4P. The van der Waals surface area contributed by atoms with Gasteiger partial charge in [0.2, 0.25) is 7.37 Å². The van der Waals surface area contributed by atoms with Gasteiger partial charge in [-0.2, -0.15) is 0 Å². The van der Waals surface area contributed by atoms with Gasteiger partial charge in [-0.25, -0.2) is 0 Å². The third-order valence-electron chi connectivity index (χ3n) is 2.86. The highest BCUT2D eigenvalue weighted by atomic mass is 31.2. The zero-order valence-electron chi connectivity index (χ0n) is 8.14. The molecule has 0 saturated heterocycles. The van der Waals surface area contributed by atoms with E-state index in [1.54, 1.807) is 0 Å². The molecule has 1 aliphatic carbocycles. The number of carbonyl (C=O) groups is 1. The average molecular weight is 221 g/mol. The number of hydrogen-bond acceptors (Lipinski definition) is 3. The topological polar surface area (TPSA) is 101 Å². The Hall–Kier alpha value is -0.380. The van der Waals surface area contributed by atoms with Crippen molar-refractivity contribution in [2.24, 2.45) is 5.73 Å². The molecule has 0 amide bonds. The van der Waals surface area contributed by atoms with Gasteiger partial charge < -0.3 is 15.7 Å². The maximum atomic E-state index is 11.4. The van der Waals surface area contributed by atoms with Crippen molar-refractivity contribution in [3.63, 3.8) is 0 Å². The Morgan fingerprint density at radius 1 is 1.64 bits per heavy atom. The summed E-state index contributed by atoms with van der Waals surface area (Å²) < 4.78 is 11.4. The van der Waals surface area contributed by atoms with Crippen LogP contribution in [0.15, 0.2) is 0 Å². The van der Waals surface area contributed by atoms with Crippen LogP contribution in [0.5, 0.6) is 0 Å². The molecule has 0 spiro atoms. The van der Waals surface area contributed by atoms with Gasteiger partial charge in [-0.3, -0.25) is 9.36 Å². The van der Waals surface area contributed by atoms with Gasteiger partial charge in [0.05, 0.1) is 0 Å². The molecule has 4 N–H and O–H groups in total. The van der Waals surface area contributed by atoms with Gasteiger partial charge in [-0.1, -0.05) is 6.42 Å². The van der Waals surface area contributed by atoms with Crippen LogP contribution < -0.4 is 5.73 Å². The Bertz CT molecular complexity index is 287. The molecule has 1 aliphatic rings. The first kappa shape index (κ1) is 11.7. The molecule has 0 aliphatic heterocycles. The maximum absolute atomic E-state index is 11.4. The minimum absolute atomic E-state index is 0.104. The lowest BCUT2D eigenvalue weighted by Gasteiger charge is -2.35. The quantitative estimate of drug-likeness (QED) is 0.593. The average Bonchev–Trinajstić information content (AvgIpc) is 2.02. The van der Waals surface area contributed by atoms with E-state index in [2.05, 4.69) is 0 Å². The van der Waals surface area contributed by atoms with Crippen molar-refractivity contribution in [2.75, 3.05) is 6.66 Å². The van der Waals surface area contributed by atoms with Gasteiger partial charge in [0.25, 0.3) is 0 Å². The third-order valence-corrected chi connectivity index (χ3v) is 4.66. The molecule has 1 fully saturated rings. The van der Waals surface area contributed by atoms with Crippen LogP contribution in [0.2, 0.25) is 0 Å². The Kier molecular flexibility index (Phi) is 3.04. The van der Waals surface area contributed by atoms with Gasteiger partial charge >= 0.3 is 5.97 Å². The highest BCUT2D eigenvalue weighted by Gasteiger charge is 2.43. The van der Waals surface area contributed by atoms with Crippen LogP contribution in [0.1, 0.15) is 25.7 Å². The van der Waals surface area contributed by atoms with E-state index in [0.29, 0.717) is 19.3 Å². The first-order chi connectivity index (χ1) is 6.26. The summed E-state index contributed by atoms with van der Waals surface area (Å²) in [5.74, 6) is -1.07. The molecule has 0 radical (unpaired) electrons. The summed E-state index contributed by atoms with van der Waals surface area (Å²) in [7, 11) is -3.20. The van der Waals surface area contributed by atoms with Crippen LogP contribution >= 0.6 is 7.37 Å². The van der Waals surface area contributed by atoms with Gasteiger partial charge in [0.15, 0.2) is 0 Å². The lowest BCUT2D eigenvalue weighted by atomic mass is 9.82. The van der Waals surface area contributed by atoms with Crippen molar-refractivity contribution in [2.45, 2.75) is 36.9 Å². The highest BCUT2D eigenvalue weighted by Crippen LogP contribution is 2.50. The number of aliphatic carboxylic acids is 1. The molecule has 0 aromatic carbocycles. The largest absolute Gasteiger partial charge is 0.480 e. The summed E-state index contributed by atoms with van der Waals surface area (Å²) in [6.45, 7) is 1.27. The monoisotopic (exact) mass is 221 g/mol. The summed E-state index contributed by atoms with van der Waals surface area (Å²) >= 11 is 0. The van der Waals surface area contributed by atoms with E-state index in [9.17, 15) is 14.3 Å². The second-order valence-electron chi connectivity index (χ2n) is 4.15. The van der Waals surface area contributed by atoms with E-state index in [4.69, 9.17) is 10.8 Å². The highest BCUT2D eigenvalue weighted by molar-refractivity contribution is 7.57. The van der Waals surface area contributed by atoms with Crippen molar-refractivity contribution in [3.8, 4) is 0 Å². The first-order valence-electron chi connectivity index (χ1n) is 4.58. The molecule has 0 aromatic rings. The number of carboxylic acids is 1. The Morgan fingerprint density at radius 2 is 2.21 bits per heavy atom. The summed E-state index contributed by atoms with van der Waals surface area (Å²) in [5.41, 5.74) is 3.89. The minimum atomic E-state index is -3.20. The summed E-state index contributed by atoms with van der Waals surface area (Å²) in [6.07, 6.45) is 1.69. The zero-order chi connectivity index (χ0) is 11.0. The first-order valence-corrected chi connectivity index (χ1v) is 6.75. The molecule has 1 saturated carbocycles. The number of hydrogen-bond donors (Lipinski definition) is 3. The van der Waals surface area contributed by atoms with E-state index < -0.39 is 24.5 Å². The Balaban J connectivity index is 2.79. The normalized spacial score (nSPS) is 37.5. The molecular weight excluding hydrogens is 205 g/mol. The molecule has 82 valence electrons. The summed E-state index contributed by atoms with van der Waals surface area (Å²) in [6, 6.07) is 0. The standard InChI is InChI=1S/C8H16NO4P/c1-14(12,13)6-3-2-4-8(9,5-6)7(10)11/h6H,2-5,9H2,1H3,(H,10,11)(H,12,13). The van der Waals surface area contributed by atoms with E-state index in [1.165, 1.54) is 6.66 Å². The van der Waals surface area contributed by atoms with Gasteiger partial charge in [0, 0.05) is 12.3 Å². The second kappa shape index (κ2) is 3.65. The van der Waals surface area contributed by atoms with E-state index in [0.717, 1.165) is 0 Å². The molecule has 14 heavy (non-hydrogen) atoms. The van der Waals surface area contributed by atoms with E-state index in [-0.39, 0.29) is 6.42 Å². The van der Waals surface area contributed by atoms with Gasteiger partial charge in [-0.15, -0.1) is 0 Å². The number of nitrogens with two attached hydrogens (primary N) is 1. The van der Waals surface area contributed by atoms with E-state index in [1.807, 2.05) is 0 Å². The van der Waals surface area contributed by atoms with Crippen LogP contribution in [-0.4, -0.2) is 33.8 Å². The van der Waals surface area contributed by atoms with Crippen LogP contribution in [-0.2, 0) is 9.36 Å². The number of carboxylic acid groups (broad SMARTS) is 1. The minimum Gasteiger partial charge on any atom is -0.480 e. The molecule has 3 unspecified atom stereocenters. The second-order valence-corrected chi connectivity index (χ2v) is 6.77. The molecule has 0 bridgehead atoms. The SMILES string of the molecule is CP(=O)(O)C1CCCC(N)(C(=O)O)C1. The van der Waals surface area contributed by atoms with E-state index >= 15 is 0 Å². The fraction of sp³-hybridized carbons (Fsp3) is 0.875. The predicted molar refractivity (Wildman–Crippen MR) is 52.6 cm³/mol. The third kappa shape index (κ3) is 2.35. The van der Waals surface area contributed by atoms with Crippen LogP contribution in [0.3, 0.4) is 0 Å². The summed E-state index contributed by atoms with van der Waals surface area (Å²) in [5, 5.41) is 8.88. The molecule has 1 rings (SSSR count). The van der Waals surface area contributed by atoms with Crippen molar-refractivity contribution >= 4 is 13.3 Å². The van der Waals surface area contributed by atoms with Crippen molar-refractivity contribution in [1.29, 1.82) is 0 Å². The van der Waals surface area contributed by atoms with Crippen LogP contribution in [0.4, 0.5) is 0 Å². The van der Waals surface area contributed by atoms with Crippen molar-refractivity contribution in [3.05, 3.63) is 0 Å². The predicted octanol–water partition coefficient (Wildman–Crippen LogP) is 0.611. The number of rotatable bonds is 2. The Labute approximate surface area is 82.8 Å². The molecule has 3 atom stereocenters. The molecule has 0 heterocycles. The molecule has 0 aromatic heterocycles. The smallest absolute Gasteiger partial charge is 0.323 e. The Morgan fingerprint density at radius 3 is 2.64 bits per heavy atom. The van der Waals surface area contributed by atoms with Crippen LogP contribution in [0, 0.1) is 0 Å². The van der Waals surface area contributed by atoms with Gasteiger partial charge in [-0.05, 0) is 19.3 Å². The molecule has 6 heteroatoms. The lowest BCUT2D eigenvalue weighted by molar-refractivity contribution is -0.144. The lowest BCUT2D eigenvalue weighted by Crippen LogP contribution is -2.52. The van der Waals surface area contributed by atoms with Gasteiger partial charge in [0.1, 0.15) is 5.54 Å². The maximum Gasteiger partial charge on any atom is 0.323 e. The summed E-state index contributed by atoms with van der Waals surface area (Å²) in [4.78, 5) is 20.2. The fourth-order valence-electron chi connectivity index (χ4n) is 1.88.